The van der Waals surface area contributed by atoms with Crippen LogP contribution in [0.4, 0.5) is 43.9 Å². The zero-order valence-corrected chi connectivity index (χ0v) is 24.0. The molecule has 1 aromatic carbocycles. The summed E-state index contributed by atoms with van der Waals surface area (Å²) in [5.41, 5.74) is -5.35. The van der Waals surface area contributed by atoms with Crippen LogP contribution in [0, 0.1) is 5.41 Å². The van der Waals surface area contributed by atoms with Crippen molar-refractivity contribution in [2.75, 3.05) is 6.54 Å². The summed E-state index contributed by atoms with van der Waals surface area (Å²) in [5.74, 6) is -7.21. The molecule has 4 nitrogen and oxygen atoms in total. The molecule has 0 spiro atoms. The van der Waals surface area contributed by atoms with Crippen LogP contribution in [0.25, 0.3) is 5.57 Å². The molecule has 0 saturated heterocycles. The third kappa shape index (κ3) is 8.78. The Morgan fingerprint density at radius 2 is 1.65 bits per heavy atom. The maximum Gasteiger partial charge on any atom is 0.405 e. The van der Waals surface area contributed by atoms with E-state index in [1.54, 1.807) is 0 Å². The van der Waals surface area contributed by atoms with Crippen molar-refractivity contribution in [3.63, 3.8) is 0 Å². The van der Waals surface area contributed by atoms with Gasteiger partial charge in [-0.2, -0.15) is 39.5 Å². The fraction of sp³-hybridized carbons (Fsp3) is 0.407. The Morgan fingerprint density at radius 3 is 2.14 bits per heavy atom. The molecule has 0 bridgehead atoms. The Morgan fingerprint density at radius 1 is 1.07 bits per heavy atom. The highest BCUT2D eigenvalue weighted by atomic mass is 35.5. The smallest absolute Gasteiger partial charge is 0.345 e. The molecule has 0 aliphatic heterocycles. The first-order chi connectivity index (χ1) is 19.4. The van der Waals surface area contributed by atoms with Gasteiger partial charge in [0.05, 0.1) is 15.5 Å². The van der Waals surface area contributed by atoms with E-state index in [0.717, 1.165) is 19.1 Å². The number of alkyl halides is 9. The lowest BCUT2D eigenvalue weighted by Gasteiger charge is -2.36. The number of amides is 2. The first-order valence-electron chi connectivity index (χ1n) is 12.1. The van der Waals surface area contributed by atoms with Gasteiger partial charge in [-0.3, -0.25) is 9.59 Å². The van der Waals surface area contributed by atoms with Crippen molar-refractivity contribution < 1.29 is 53.5 Å². The quantitative estimate of drug-likeness (QED) is 0.273. The van der Waals surface area contributed by atoms with Crippen LogP contribution in [0.5, 0.6) is 0 Å². The predicted octanol–water partition coefficient (Wildman–Crippen LogP) is 8.53. The fourth-order valence-corrected chi connectivity index (χ4v) is 4.56. The Balaban J connectivity index is 2.51. The molecule has 1 aromatic rings. The summed E-state index contributed by atoms with van der Waals surface area (Å²) in [6.07, 6.45) is -15.3. The number of halogens is 12. The molecule has 2 amide bonds. The zero-order valence-electron chi connectivity index (χ0n) is 22.5. The van der Waals surface area contributed by atoms with E-state index in [1.165, 1.54) is 12.2 Å². The molecule has 238 valence electrons. The molecule has 3 atom stereocenters. The van der Waals surface area contributed by atoms with E-state index in [1.807, 2.05) is 5.32 Å². The normalized spacial score (nSPS) is 19.7. The van der Waals surface area contributed by atoms with E-state index >= 15 is 4.39 Å². The monoisotopic (exact) mass is 668 g/mol. The third-order valence-corrected chi connectivity index (χ3v) is 7.31. The topological polar surface area (TPSA) is 58.2 Å². The summed E-state index contributed by atoms with van der Waals surface area (Å²) in [4.78, 5) is 24.6. The van der Waals surface area contributed by atoms with Gasteiger partial charge in [-0.25, -0.2) is 4.39 Å². The van der Waals surface area contributed by atoms with Crippen LogP contribution >= 0.6 is 23.2 Å². The molecule has 0 radical (unpaired) electrons. The number of benzene rings is 1. The van der Waals surface area contributed by atoms with Gasteiger partial charge in [0.15, 0.2) is 0 Å². The first-order valence-corrected chi connectivity index (χ1v) is 12.9. The van der Waals surface area contributed by atoms with E-state index in [4.69, 9.17) is 23.2 Å². The van der Waals surface area contributed by atoms with Gasteiger partial charge in [-0.1, -0.05) is 41.9 Å². The van der Waals surface area contributed by atoms with Gasteiger partial charge < -0.3 is 10.6 Å². The molecule has 1 aliphatic carbocycles. The highest BCUT2D eigenvalue weighted by molar-refractivity contribution is 6.43. The molecule has 2 rings (SSSR count). The minimum absolute atomic E-state index is 0.0358. The Bertz CT molecular complexity index is 1380. The number of hydrogen-bond donors (Lipinski definition) is 2. The van der Waals surface area contributed by atoms with Gasteiger partial charge in [-0.15, -0.1) is 0 Å². The maximum atomic E-state index is 15.3. The predicted molar refractivity (Wildman–Crippen MR) is 141 cm³/mol. The largest absolute Gasteiger partial charge is 0.405 e. The van der Waals surface area contributed by atoms with Crippen LogP contribution in [0.2, 0.25) is 10.0 Å². The van der Waals surface area contributed by atoms with Crippen molar-refractivity contribution in [1.29, 1.82) is 0 Å². The van der Waals surface area contributed by atoms with Crippen molar-refractivity contribution in [2.24, 2.45) is 5.41 Å². The summed E-state index contributed by atoms with van der Waals surface area (Å²) < 4.78 is 137. The van der Waals surface area contributed by atoms with Crippen molar-refractivity contribution in [2.45, 2.75) is 57.7 Å². The Kier molecular flexibility index (Phi) is 10.9. The molecule has 16 heteroatoms. The molecule has 2 N–H and O–H groups in total. The average molecular weight is 669 g/mol. The highest BCUT2D eigenvalue weighted by Gasteiger charge is 2.56. The van der Waals surface area contributed by atoms with Crippen LogP contribution < -0.4 is 10.6 Å². The molecule has 0 aromatic heterocycles. The van der Waals surface area contributed by atoms with E-state index in [9.17, 15) is 49.1 Å². The molecular weight excluding hydrogens is 645 g/mol. The molecule has 1 aliphatic rings. The van der Waals surface area contributed by atoms with Crippen LogP contribution in [0.1, 0.15) is 44.2 Å². The summed E-state index contributed by atoms with van der Waals surface area (Å²) in [6.45, 7) is 4.68. The Hall–Kier alpha value is -3.00. The highest BCUT2D eigenvalue weighted by Crippen LogP contribution is 2.52. The number of rotatable bonds is 8. The molecule has 0 saturated carbocycles. The van der Waals surface area contributed by atoms with Gasteiger partial charge in [0.25, 0.3) is 0 Å². The SMILES string of the molecule is C=C(C)c1cc(C(/C=C(\F)C2=CC=C(C(=O)N[C@H](C)C(=O)NCC(F)(F)F)C(C)(C(F)(F)F)C2)C(F)(F)F)cc(Cl)c1Cl. The minimum atomic E-state index is -5.26. The van der Waals surface area contributed by atoms with Crippen molar-refractivity contribution in [3.05, 3.63) is 75.1 Å². The summed E-state index contributed by atoms with van der Waals surface area (Å²) in [7, 11) is 0. The Labute approximate surface area is 249 Å². The zero-order chi connectivity index (χ0) is 33.3. The van der Waals surface area contributed by atoms with Gasteiger partial charge in [0.1, 0.15) is 24.3 Å². The number of allylic oxidation sites excluding steroid dienone is 6. The summed E-state index contributed by atoms with van der Waals surface area (Å²) in [5, 5.41) is 2.90. The summed E-state index contributed by atoms with van der Waals surface area (Å²) in [6, 6.07) is 0.0991. The third-order valence-electron chi connectivity index (χ3n) is 6.51. The van der Waals surface area contributed by atoms with E-state index < -0.39 is 83.2 Å². The van der Waals surface area contributed by atoms with E-state index in [2.05, 4.69) is 6.58 Å². The average Bonchev–Trinajstić information content (AvgIpc) is 2.84. The van der Waals surface area contributed by atoms with Crippen molar-refractivity contribution in [1.82, 2.24) is 10.6 Å². The number of carbonyl (C=O) groups excluding carboxylic acids is 2. The van der Waals surface area contributed by atoms with Gasteiger partial charge >= 0.3 is 18.5 Å². The minimum Gasteiger partial charge on any atom is -0.345 e. The molecule has 43 heavy (non-hydrogen) atoms. The second-order valence-electron chi connectivity index (χ2n) is 9.99. The second kappa shape index (κ2) is 12.9. The summed E-state index contributed by atoms with van der Waals surface area (Å²) >= 11 is 12.0. The molecular formula is C27H24Cl2F10N2O2. The van der Waals surface area contributed by atoms with Crippen LogP contribution in [-0.2, 0) is 9.59 Å². The lowest BCUT2D eigenvalue weighted by atomic mass is 9.72. The first kappa shape index (κ1) is 36.2. The molecule has 0 heterocycles. The standard InChI is InChI=1S/C27H24Cl2F10N2O2/c1-12(2)16-7-15(8-19(28)21(16)29)18(26(34,35)36)9-20(30)14-5-6-17(24(4,10-14)27(37,38)39)23(43)41-13(3)22(42)40-11-25(31,32)33/h5-9,13,18H,1,10-11H2,2-4H3,(H,40,42)(H,41,43)/b20-9-/t13-,18?,24?/m1/s1. The van der Waals surface area contributed by atoms with E-state index in [-0.39, 0.29) is 27.3 Å². The fourth-order valence-electron chi connectivity index (χ4n) is 4.06. The van der Waals surface area contributed by atoms with Crippen molar-refractivity contribution in [3.8, 4) is 0 Å². The van der Waals surface area contributed by atoms with Gasteiger partial charge in [-0.05, 0) is 67.7 Å². The van der Waals surface area contributed by atoms with Crippen LogP contribution in [0.15, 0.2) is 53.9 Å². The lowest BCUT2D eigenvalue weighted by Crippen LogP contribution is -2.50. The van der Waals surface area contributed by atoms with Crippen molar-refractivity contribution >= 4 is 40.6 Å². The van der Waals surface area contributed by atoms with Crippen LogP contribution in [0.3, 0.4) is 0 Å². The second-order valence-corrected chi connectivity index (χ2v) is 10.8. The van der Waals surface area contributed by atoms with Gasteiger partial charge in [0.2, 0.25) is 11.8 Å². The van der Waals surface area contributed by atoms with Crippen LogP contribution in [-0.4, -0.2) is 42.9 Å². The lowest BCUT2D eigenvalue weighted by molar-refractivity contribution is -0.205. The number of carbonyl (C=O) groups is 2. The molecule has 0 fully saturated rings. The molecule has 2 unspecified atom stereocenters. The maximum absolute atomic E-state index is 15.3. The number of nitrogens with one attached hydrogen (secondary N) is 2. The van der Waals surface area contributed by atoms with Gasteiger partial charge in [0, 0.05) is 5.57 Å². The van der Waals surface area contributed by atoms with E-state index in [0.29, 0.717) is 19.1 Å². The number of hydrogen-bond acceptors (Lipinski definition) is 2.